The first-order chi connectivity index (χ1) is 11.9. The third kappa shape index (κ3) is 5.01. The number of ether oxygens (including phenoxy) is 2. The molecule has 0 aliphatic rings. The van der Waals surface area contributed by atoms with Gasteiger partial charge in [0.2, 0.25) is 0 Å². The van der Waals surface area contributed by atoms with Crippen molar-refractivity contribution in [2.24, 2.45) is 0 Å². The van der Waals surface area contributed by atoms with Crippen LogP contribution in [0.15, 0.2) is 36.4 Å². The highest BCUT2D eigenvalue weighted by Crippen LogP contribution is 2.32. The molecule has 2 aromatic carbocycles. The summed E-state index contributed by atoms with van der Waals surface area (Å²) in [5, 5.41) is 2.83. The third-order valence-corrected chi connectivity index (χ3v) is 4.16. The lowest BCUT2D eigenvalue weighted by atomic mass is 10.2. The smallest absolute Gasteiger partial charge is 0.341 e. The van der Waals surface area contributed by atoms with Gasteiger partial charge < -0.3 is 14.8 Å². The van der Waals surface area contributed by atoms with Crippen molar-refractivity contribution in [3.63, 3.8) is 0 Å². The number of carbonyl (C=O) groups excluding carboxylic acids is 2. The number of benzene rings is 2. The van der Waals surface area contributed by atoms with Crippen molar-refractivity contribution in [3.8, 4) is 5.75 Å². The predicted octanol–water partition coefficient (Wildman–Crippen LogP) is 4.84. The van der Waals surface area contributed by atoms with Crippen molar-refractivity contribution in [3.05, 3.63) is 57.0 Å². The fraction of sp³-hybridized carbons (Fsp3) is 0.176. The molecule has 0 aromatic heterocycles. The Kier molecular flexibility index (Phi) is 6.93. The Balaban J connectivity index is 2.01. The standard InChI is InChI=1S/C17H14Cl3NO4/c1-2-24-13-6-4-3-5-12(13)21-14(22)9-25-17(23)15-10(18)7-8-11(19)16(15)20/h3-8H,2,9H2,1H3,(H,21,22). The van der Waals surface area contributed by atoms with Crippen LogP contribution < -0.4 is 10.1 Å². The molecule has 2 rings (SSSR count). The molecule has 0 heterocycles. The lowest BCUT2D eigenvalue weighted by Gasteiger charge is -2.12. The number of halogens is 3. The van der Waals surface area contributed by atoms with E-state index < -0.39 is 18.5 Å². The van der Waals surface area contributed by atoms with E-state index >= 15 is 0 Å². The van der Waals surface area contributed by atoms with E-state index in [1.54, 1.807) is 24.3 Å². The summed E-state index contributed by atoms with van der Waals surface area (Å²) in [7, 11) is 0. The van der Waals surface area contributed by atoms with E-state index in [0.717, 1.165) is 0 Å². The van der Waals surface area contributed by atoms with Gasteiger partial charge in [-0.2, -0.15) is 0 Å². The van der Waals surface area contributed by atoms with Gasteiger partial charge in [-0.25, -0.2) is 4.79 Å². The maximum Gasteiger partial charge on any atom is 0.341 e. The van der Waals surface area contributed by atoms with Gasteiger partial charge >= 0.3 is 5.97 Å². The first kappa shape index (κ1) is 19.4. The second-order valence-electron chi connectivity index (χ2n) is 4.77. The van der Waals surface area contributed by atoms with Crippen molar-refractivity contribution in [2.75, 3.05) is 18.5 Å². The Labute approximate surface area is 159 Å². The molecule has 0 saturated carbocycles. The molecule has 0 aliphatic carbocycles. The van der Waals surface area contributed by atoms with Crippen molar-refractivity contribution in [2.45, 2.75) is 6.92 Å². The summed E-state index contributed by atoms with van der Waals surface area (Å²) in [6, 6.07) is 9.80. The number of para-hydroxylation sites is 2. The van der Waals surface area contributed by atoms with E-state index in [9.17, 15) is 9.59 Å². The summed E-state index contributed by atoms with van der Waals surface area (Å²) >= 11 is 17.8. The number of rotatable bonds is 6. The number of esters is 1. The van der Waals surface area contributed by atoms with E-state index in [0.29, 0.717) is 18.0 Å². The lowest BCUT2D eigenvalue weighted by Crippen LogP contribution is -2.21. The molecular formula is C17H14Cl3NO4. The van der Waals surface area contributed by atoms with Gasteiger partial charge in [0.1, 0.15) is 5.75 Å². The molecule has 0 spiro atoms. The van der Waals surface area contributed by atoms with Crippen LogP contribution in [0.1, 0.15) is 17.3 Å². The summed E-state index contributed by atoms with van der Waals surface area (Å²) in [4.78, 5) is 24.1. The highest BCUT2D eigenvalue weighted by atomic mass is 35.5. The molecule has 2 aromatic rings. The summed E-state index contributed by atoms with van der Waals surface area (Å²) in [6.45, 7) is 1.77. The highest BCUT2D eigenvalue weighted by Gasteiger charge is 2.20. The molecule has 0 aliphatic heterocycles. The number of hydrogen-bond acceptors (Lipinski definition) is 4. The highest BCUT2D eigenvalue weighted by molar-refractivity contribution is 6.46. The Bertz CT molecular complexity index is 795. The maximum atomic E-state index is 12.1. The maximum absolute atomic E-state index is 12.1. The molecule has 0 atom stereocenters. The predicted molar refractivity (Wildman–Crippen MR) is 98.0 cm³/mol. The van der Waals surface area contributed by atoms with Crippen molar-refractivity contribution in [1.82, 2.24) is 0 Å². The second kappa shape index (κ2) is 8.94. The summed E-state index contributed by atoms with van der Waals surface area (Å²) in [5.41, 5.74) is 0.391. The second-order valence-corrected chi connectivity index (χ2v) is 5.96. The zero-order chi connectivity index (χ0) is 18.4. The molecule has 8 heteroatoms. The Morgan fingerprint density at radius 2 is 1.72 bits per heavy atom. The molecule has 0 bridgehead atoms. The first-order valence-electron chi connectivity index (χ1n) is 7.26. The molecule has 1 amide bonds. The van der Waals surface area contributed by atoms with Gasteiger partial charge in [-0.1, -0.05) is 46.9 Å². The number of nitrogens with one attached hydrogen (secondary N) is 1. The topological polar surface area (TPSA) is 64.6 Å². The quantitative estimate of drug-likeness (QED) is 0.554. The average Bonchev–Trinajstić information content (AvgIpc) is 2.59. The van der Waals surface area contributed by atoms with Gasteiger partial charge in [0, 0.05) is 0 Å². The first-order valence-corrected chi connectivity index (χ1v) is 8.39. The van der Waals surface area contributed by atoms with E-state index in [1.807, 2.05) is 6.92 Å². The molecule has 132 valence electrons. The van der Waals surface area contributed by atoms with Crippen LogP contribution in [0.5, 0.6) is 5.75 Å². The van der Waals surface area contributed by atoms with Crippen LogP contribution >= 0.6 is 34.8 Å². The van der Waals surface area contributed by atoms with E-state index in [-0.39, 0.29) is 20.6 Å². The molecule has 1 N–H and O–H groups in total. The van der Waals surface area contributed by atoms with Crippen LogP contribution in [0.25, 0.3) is 0 Å². The zero-order valence-electron chi connectivity index (χ0n) is 13.1. The largest absolute Gasteiger partial charge is 0.492 e. The van der Waals surface area contributed by atoms with E-state index in [1.165, 1.54) is 12.1 Å². The average molecular weight is 403 g/mol. The monoisotopic (exact) mass is 401 g/mol. The Morgan fingerprint density at radius 1 is 1.04 bits per heavy atom. The minimum absolute atomic E-state index is 0.0266. The normalized spacial score (nSPS) is 10.2. The number of amides is 1. The molecule has 0 unspecified atom stereocenters. The van der Waals surface area contributed by atoms with Crippen molar-refractivity contribution in [1.29, 1.82) is 0 Å². The summed E-state index contributed by atoms with van der Waals surface area (Å²) in [5.74, 6) is -0.855. The fourth-order valence-electron chi connectivity index (χ4n) is 1.96. The lowest BCUT2D eigenvalue weighted by molar-refractivity contribution is -0.119. The minimum atomic E-state index is -0.842. The van der Waals surface area contributed by atoms with Crippen LogP contribution in [0.2, 0.25) is 15.1 Å². The molecule has 5 nitrogen and oxygen atoms in total. The van der Waals surface area contributed by atoms with Crippen LogP contribution in [-0.4, -0.2) is 25.1 Å². The molecule has 0 fully saturated rings. The minimum Gasteiger partial charge on any atom is -0.492 e. The summed E-state index contributed by atoms with van der Waals surface area (Å²) in [6.07, 6.45) is 0. The van der Waals surface area contributed by atoms with Gasteiger partial charge in [-0.05, 0) is 31.2 Å². The molecule has 0 radical (unpaired) electrons. The summed E-state index contributed by atoms with van der Waals surface area (Å²) < 4.78 is 10.4. The van der Waals surface area contributed by atoms with Gasteiger partial charge in [0.15, 0.2) is 6.61 Å². The van der Waals surface area contributed by atoms with Crippen LogP contribution in [0.3, 0.4) is 0 Å². The SMILES string of the molecule is CCOc1ccccc1NC(=O)COC(=O)c1c(Cl)ccc(Cl)c1Cl. The molecular weight excluding hydrogens is 389 g/mol. The van der Waals surface area contributed by atoms with Gasteiger partial charge in [0.05, 0.1) is 32.9 Å². The number of carbonyl (C=O) groups is 2. The van der Waals surface area contributed by atoms with Crippen LogP contribution in [0.4, 0.5) is 5.69 Å². The van der Waals surface area contributed by atoms with E-state index in [4.69, 9.17) is 44.3 Å². The number of anilines is 1. The van der Waals surface area contributed by atoms with Gasteiger partial charge in [-0.3, -0.25) is 4.79 Å². The van der Waals surface area contributed by atoms with Gasteiger partial charge in [-0.15, -0.1) is 0 Å². The molecule has 0 saturated heterocycles. The van der Waals surface area contributed by atoms with Crippen LogP contribution in [0, 0.1) is 0 Å². The van der Waals surface area contributed by atoms with Crippen LogP contribution in [-0.2, 0) is 9.53 Å². The molecule has 25 heavy (non-hydrogen) atoms. The van der Waals surface area contributed by atoms with Crippen molar-refractivity contribution < 1.29 is 19.1 Å². The van der Waals surface area contributed by atoms with Gasteiger partial charge in [0.25, 0.3) is 5.91 Å². The third-order valence-electron chi connectivity index (χ3n) is 3.04. The fourth-order valence-corrected chi connectivity index (χ4v) is 2.64. The Hall–Kier alpha value is -1.95. The Morgan fingerprint density at radius 3 is 2.44 bits per heavy atom. The van der Waals surface area contributed by atoms with Crippen molar-refractivity contribution >= 4 is 52.4 Å². The zero-order valence-corrected chi connectivity index (χ0v) is 15.4. The number of hydrogen-bond donors (Lipinski definition) is 1. The van der Waals surface area contributed by atoms with E-state index in [2.05, 4.69) is 5.32 Å².